The van der Waals surface area contributed by atoms with Gasteiger partial charge in [0, 0.05) is 10.9 Å². The Hall–Kier alpha value is -2.22. The fourth-order valence-corrected chi connectivity index (χ4v) is 3.95. The maximum absolute atomic E-state index is 12.3. The summed E-state index contributed by atoms with van der Waals surface area (Å²) in [6, 6.07) is 2.00. The van der Waals surface area contributed by atoms with Crippen LogP contribution in [0, 0.1) is 6.92 Å². The number of carbonyl (C=O) groups excluding carboxylic acids is 2. The van der Waals surface area contributed by atoms with Crippen molar-refractivity contribution in [3.05, 3.63) is 27.6 Å². The Bertz CT molecular complexity index is 836. The number of nitrogens with zero attached hydrogens (tertiary/aromatic N) is 2. The highest BCUT2D eigenvalue weighted by Gasteiger charge is 2.16. The van der Waals surface area contributed by atoms with E-state index in [0.717, 1.165) is 30.6 Å². The van der Waals surface area contributed by atoms with Crippen LogP contribution in [0.3, 0.4) is 0 Å². The summed E-state index contributed by atoms with van der Waals surface area (Å²) in [6.07, 6.45) is 6.87. The van der Waals surface area contributed by atoms with Crippen LogP contribution in [0.2, 0.25) is 0 Å². The maximum atomic E-state index is 12.3. The van der Waals surface area contributed by atoms with Gasteiger partial charge in [0.2, 0.25) is 11.8 Å². The second-order valence-corrected chi connectivity index (χ2v) is 7.67. The first-order chi connectivity index (χ1) is 12.0. The lowest BCUT2D eigenvalue weighted by atomic mass is 9.95. The zero-order valence-electron chi connectivity index (χ0n) is 14.2. The summed E-state index contributed by atoms with van der Waals surface area (Å²) in [5, 5.41) is 6.03. The maximum Gasteiger partial charge on any atom is 0.262 e. The van der Waals surface area contributed by atoms with Crippen molar-refractivity contribution in [2.24, 2.45) is 0 Å². The number of aryl methyl sites for hydroxylation is 1. The number of hydrogen-bond donors (Lipinski definition) is 2. The van der Waals surface area contributed by atoms with Gasteiger partial charge < -0.3 is 10.6 Å². The normalized spacial score (nSPS) is 15.2. The number of thiophene rings is 1. The quantitative estimate of drug-likeness (QED) is 0.839. The van der Waals surface area contributed by atoms with Crippen molar-refractivity contribution in [1.29, 1.82) is 0 Å². The van der Waals surface area contributed by atoms with Crippen LogP contribution in [0.15, 0.2) is 17.2 Å². The molecule has 1 fully saturated rings. The van der Waals surface area contributed by atoms with Crippen molar-refractivity contribution >= 4 is 33.4 Å². The van der Waals surface area contributed by atoms with E-state index >= 15 is 0 Å². The number of amides is 2. The van der Waals surface area contributed by atoms with Crippen LogP contribution in [0.4, 0.5) is 0 Å². The number of fused-ring (bicyclic) bond motifs is 1. The molecule has 0 bridgehead atoms. The first-order valence-corrected chi connectivity index (χ1v) is 9.36. The molecule has 0 unspecified atom stereocenters. The zero-order chi connectivity index (χ0) is 17.8. The number of hydrogen-bond acceptors (Lipinski definition) is 5. The van der Waals surface area contributed by atoms with Gasteiger partial charge in [-0.15, -0.1) is 11.3 Å². The highest BCUT2D eigenvalue weighted by molar-refractivity contribution is 7.18. The molecule has 8 heteroatoms. The van der Waals surface area contributed by atoms with E-state index in [1.807, 2.05) is 6.92 Å². The van der Waals surface area contributed by atoms with Crippen molar-refractivity contribution in [3.8, 4) is 0 Å². The molecule has 3 rings (SSSR count). The van der Waals surface area contributed by atoms with Crippen LogP contribution in [0.5, 0.6) is 0 Å². The summed E-state index contributed by atoms with van der Waals surface area (Å²) in [5.41, 5.74) is -0.240. The number of aromatic nitrogens is 2. The largest absolute Gasteiger partial charge is 0.352 e. The lowest BCUT2D eigenvalue weighted by Crippen LogP contribution is -2.43. The van der Waals surface area contributed by atoms with Gasteiger partial charge in [-0.1, -0.05) is 19.3 Å². The van der Waals surface area contributed by atoms with Gasteiger partial charge in [-0.25, -0.2) is 4.98 Å². The van der Waals surface area contributed by atoms with Crippen LogP contribution in [-0.2, 0) is 16.1 Å². The van der Waals surface area contributed by atoms with E-state index in [-0.39, 0.29) is 36.5 Å². The van der Waals surface area contributed by atoms with Gasteiger partial charge >= 0.3 is 0 Å². The van der Waals surface area contributed by atoms with E-state index in [2.05, 4.69) is 15.6 Å². The molecule has 0 radical (unpaired) electrons. The van der Waals surface area contributed by atoms with Crippen molar-refractivity contribution < 1.29 is 9.59 Å². The molecule has 7 nitrogen and oxygen atoms in total. The third-order valence-corrected chi connectivity index (χ3v) is 5.33. The highest BCUT2D eigenvalue weighted by Crippen LogP contribution is 2.19. The van der Waals surface area contributed by atoms with Crippen molar-refractivity contribution in [3.63, 3.8) is 0 Å². The minimum absolute atomic E-state index is 0.0721. The van der Waals surface area contributed by atoms with Crippen molar-refractivity contribution in [1.82, 2.24) is 20.2 Å². The molecule has 1 aliphatic carbocycles. The van der Waals surface area contributed by atoms with Gasteiger partial charge in [0.15, 0.2) is 0 Å². The van der Waals surface area contributed by atoms with E-state index in [4.69, 9.17) is 0 Å². The highest BCUT2D eigenvalue weighted by atomic mass is 32.1. The number of nitrogens with one attached hydrogen (secondary N) is 2. The molecule has 1 aliphatic rings. The average Bonchev–Trinajstić information content (AvgIpc) is 2.98. The molecule has 2 N–H and O–H groups in total. The lowest BCUT2D eigenvalue weighted by molar-refractivity contribution is -0.126. The Morgan fingerprint density at radius 2 is 2.04 bits per heavy atom. The SMILES string of the molecule is Cc1cc2c(=O)n(CC(=O)NCC(=O)NC3CCCCC3)cnc2s1. The molecule has 0 aromatic carbocycles. The van der Waals surface area contributed by atoms with Crippen LogP contribution in [-0.4, -0.2) is 34.0 Å². The molecule has 2 heterocycles. The van der Waals surface area contributed by atoms with Gasteiger partial charge in [0.05, 0.1) is 18.3 Å². The standard InChI is InChI=1S/C17H22N4O3S/c1-11-7-13-16(25-11)19-10-21(17(13)24)9-15(23)18-8-14(22)20-12-5-3-2-4-6-12/h7,10,12H,2-6,8-9H2,1H3,(H,18,23)(H,20,22). The second kappa shape index (κ2) is 7.77. The van der Waals surface area contributed by atoms with Gasteiger partial charge in [0.25, 0.3) is 5.56 Å². The molecule has 0 spiro atoms. The van der Waals surface area contributed by atoms with Gasteiger partial charge in [-0.2, -0.15) is 0 Å². The Morgan fingerprint density at radius 3 is 2.80 bits per heavy atom. The summed E-state index contributed by atoms with van der Waals surface area (Å²) < 4.78 is 1.27. The molecule has 1 saturated carbocycles. The third-order valence-electron chi connectivity index (χ3n) is 4.37. The molecule has 134 valence electrons. The predicted molar refractivity (Wildman–Crippen MR) is 96.6 cm³/mol. The molecule has 0 atom stereocenters. The summed E-state index contributed by atoms with van der Waals surface area (Å²) in [5.74, 6) is -0.566. The summed E-state index contributed by atoms with van der Waals surface area (Å²) in [4.78, 5) is 42.2. The lowest BCUT2D eigenvalue weighted by Gasteiger charge is -2.22. The number of carbonyl (C=O) groups is 2. The minimum Gasteiger partial charge on any atom is -0.352 e. The zero-order valence-corrected chi connectivity index (χ0v) is 15.0. The van der Waals surface area contributed by atoms with Crippen molar-refractivity contribution in [2.75, 3.05) is 6.54 Å². The Kier molecular flexibility index (Phi) is 5.47. The molecular weight excluding hydrogens is 340 g/mol. The molecular formula is C17H22N4O3S. The van der Waals surface area contributed by atoms with Crippen LogP contribution < -0.4 is 16.2 Å². The summed E-state index contributed by atoms with van der Waals surface area (Å²) in [7, 11) is 0. The second-order valence-electron chi connectivity index (χ2n) is 6.43. The minimum atomic E-state index is -0.381. The third kappa shape index (κ3) is 4.45. The fraction of sp³-hybridized carbons (Fsp3) is 0.529. The topological polar surface area (TPSA) is 93.1 Å². The van der Waals surface area contributed by atoms with Crippen molar-refractivity contribution in [2.45, 2.75) is 51.6 Å². The monoisotopic (exact) mass is 362 g/mol. The van der Waals surface area contributed by atoms with E-state index in [1.165, 1.54) is 28.7 Å². The van der Waals surface area contributed by atoms with Gasteiger partial charge in [-0.3, -0.25) is 19.0 Å². The fourth-order valence-electron chi connectivity index (χ4n) is 3.11. The Labute approximate surface area is 149 Å². The summed E-state index contributed by atoms with van der Waals surface area (Å²) >= 11 is 1.45. The average molecular weight is 362 g/mol. The summed E-state index contributed by atoms with van der Waals surface area (Å²) in [6.45, 7) is 1.69. The molecule has 2 aromatic rings. The van der Waals surface area contributed by atoms with Crippen LogP contribution >= 0.6 is 11.3 Å². The predicted octanol–water partition coefficient (Wildman–Crippen LogP) is 1.33. The van der Waals surface area contributed by atoms with Crippen LogP contribution in [0.1, 0.15) is 37.0 Å². The van der Waals surface area contributed by atoms with E-state index < -0.39 is 0 Å². The molecule has 2 amide bonds. The Balaban J connectivity index is 1.53. The Morgan fingerprint density at radius 1 is 1.28 bits per heavy atom. The number of rotatable bonds is 5. The van der Waals surface area contributed by atoms with E-state index in [0.29, 0.717) is 10.2 Å². The first-order valence-electron chi connectivity index (χ1n) is 8.54. The van der Waals surface area contributed by atoms with E-state index in [9.17, 15) is 14.4 Å². The molecule has 0 saturated heterocycles. The molecule has 2 aromatic heterocycles. The molecule has 25 heavy (non-hydrogen) atoms. The van der Waals surface area contributed by atoms with Crippen LogP contribution in [0.25, 0.3) is 10.2 Å². The van der Waals surface area contributed by atoms with Gasteiger partial charge in [-0.05, 0) is 25.8 Å². The smallest absolute Gasteiger partial charge is 0.262 e. The first kappa shape index (κ1) is 17.6. The van der Waals surface area contributed by atoms with E-state index in [1.54, 1.807) is 6.07 Å². The molecule has 0 aliphatic heterocycles. The van der Waals surface area contributed by atoms with Gasteiger partial charge in [0.1, 0.15) is 11.4 Å².